The molecule has 1 saturated heterocycles. The average molecular weight is 142 g/mol. The molecule has 0 aromatic carbocycles. The van der Waals surface area contributed by atoms with Gasteiger partial charge in [0.1, 0.15) is 0 Å². The Balaban J connectivity index is 2.17. The highest BCUT2D eigenvalue weighted by atomic mass is 15.1. The molecule has 0 radical (unpaired) electrons. The monoisotopic (exact) mass is 142 g/mol. The van der Waals surface area contributed by atoms with Gasteiger partial charge in [0, 0.05) is 25.2 Å². The third-order valence-corrected chi connectivity index (χ3v) is 2.29. The van der Waals surface area contributed by atoms with E-state index in [9.17, 15) is 0 Å². The first-order valence-electron chi connectivity index (χ1n) is 4.33. The van der Waals surface area contributed by atoms with Crippen molar-refractivity contribution in [3.05, 3.63) is 0 Å². The molecule has 1 fully saturated rings. The van der Waals surface area contributed by atoms with Crippen molar-refractivity contribution < 1.29 is 0 Å². The molecule has 0 amide bonds. The van der Waals surface area contributed by atoms with Crippen LogP contribution < -0.4 is 10.6 Å². The van der Waals surface area contributed by atoms with E-state index in [0.29, 0.717) is 12.1 Å². The Kier molecular flexibility index (Phi) is 3.16. The maximum Gasteiger partial charge on any atom is 0.0190 e. The summed E-state index contributed by atoms with van der Waals surface area (Å²) in [5.74, 6) is 0. The van der Waals surface area contributed by atoms with E-state index >= 15 is 0 Å². The van der Waals surface area contributed by atoms with Crippen LogP contribution in [0.15, 0.2) is 0 Å². The minimum atomic E-state index is 0.711. The Labute approximate surface area is 63.4 Å². The van der Waals surface area contributed by atoms with Crippen LogP contribution in [0.25, 0.3) is 0 Å². The largest absolute Gasteiger partial charge is 0.311 e. The van der Waals surface area contributed by atoms with Gasteiger partial charge in [0.2, 0.25) is 0 Å². The Morgan fingerprint density at radius 2 is 1.40 bits per heavy atom. The fraction of sp³-hybridized carbons (Fsp3) is 1.00. The van der Waals surface area contributed by atoms with Crippen LogP contribution in [-0.2, 0) is 0 Å². The Hall–Kier alpha value is -0.0800. The molecule has 1 heterocycles. The quantitative estimate of drug-likeness (QED) is 0.594. The number of rotatable bonds is 2. The zero-order valence-corrected chi connectivity index (χ0v) is 6.98. The Morgan fingerprint density at radius 3 is 1.60 bits per heavy atom. The van der Waals surface area contributed by atoms with Gasteiger partial charge < -0.3 is 10.6 Å². The van der Waals surface area contributed by atoms with Crippen LogP contribution in [0.3, 0.4) is 0 Å². The van der Waals surface area contributed by atoms with Crippen LogP contribution in [0.1, 0.15) is 26.7 Å². The number of piperazine rings is 1. The standard InChI is InChI=1S/C8H18N2/c1-3-7-5-10-8(4-2)6-9-7/h7-10H,3-6H2,1-2H3/t7-,8?/m1/s1. The average Bonchev–Trinajstić information content (AvgIpc) is 2.05. The van der Waals surface area contributed by atoms with E-state index in [4.69, 9.17) is 0 Å². The van der Waals surface area contributed by atoms with E-state index in [1.54, 1.807) is 0 Å². The number of hydrogen-bond acceptors (Lipinski definition) is 2. The first kappa shape index (κ1) is 8.02. The lowest BCUT2D eigenvalue weighted by molar-refractivity contribution is 0.334. The molecule has 0 aromatic heterocycles. The minimum absolute atomic E-state index is 0.711. The highest BCUT2D eigenvalue weighted by Crippen LogP contribution is 1.99. The molecule has 0 saturated carbocycles. The van der Waals surface area contributed by atoms with E-state index in [2.05, 4.69) is 24.5 Å². The highest BCUT2D eigenvalue weighted by Gasteiger charge is 2.15. The van der Waals surface area contributed by atoms with Gasteiger partial charge in [-0.25, -0.2) is 0 Å². The van der Waals surface area contributed by atoms with Crippen molar-refractivity contribution in [3.8, 4) is 0 Å². The van der Waals surface area contributed by atoms with Crippen molar-refractivity contribution in [2.75, 3.05) is 13.1 Å². The van der Waals surface area contributed by atoms with Gasteiger partial charge in [-0.15, -0.1) is 0 Å². The van der Waals surface area contributed by atoms with Crippen molar-refractivity contribution in [1.82, 2.24) is 10.6 Å². The summed E-state index contributed by atoms with van der Waals surface area (Å²) in [7, 11) is 0. The van der Waals surface area contributed by atoms with Crippen LogP contribution >= 0.6 is 0 Å². The molecule has 0 aromatic rings. The smallest absolute Gasteiger partial charge is 0.0190 e. The lowest BCUT2D eigenvalue weighted by Gasteiger charge is -2.29. The predicted octanol–water partition coefficient (Wildman–Crippen LogP) is 0.736. The second kappa shape index (κ2) is 3.94. The maximum atomic E-state index is 3.51. The predicted molar refractivity (Wildman–Crippen MR) is 44.2 cm³/mol. The first-order chi connectivity index (χ1) is 4.86. The van der Waals surface area contributed by atoms with Crippen LogP contribution in [0.4, 0.5) is 0 Å². The molecule has 0 bridgehead atoms. The third kappa shape index (κ3) is 1.96. The normalized spacial score (nSPS) is 34.2. The molecule has 10 heavy (non-hydrogen) atoms. The topological polar surface area (TPSA) is 24.1 Å². The fourth-order valence-corrected chi connectivity index (χ4v) is 1.34. The van der Waals surface area contributed by atoms with Crippen molar-refractivity contribution >= 4 is 0 Å². The lowest BCUT2D eigenvalue weighted by Crippen LogP contribution is -2.53. The Bertz CT molecular complexity index is 73.3. The summed E-state index contributed by atoms with van der Waals surface area (Å²) in [6.07, 6.45) is 2.48. The molecule has 1 rings (SSSR count). The molecule has 2 heteroatoms. The van der Waals surface area contributed by atoms with Crippen LogP contribution in [0, 0.1) is 0 Å². The van der Waals surface area contributed by atoms with Crippen molar-refractivity contribution in [2.24, 2.45) is 0 Å². The van der Waals surface area contributed by atoms with E-state index in [-0.39, 0.29) is 0 Å². The fourth-order valence-electron chi connectivity index (χ4n) is 1.34. The summed E-state index contributed by atoms with van der Waals surface area (Å²) in [6.45, 7) is 6.75. The Morgan fingerprint density at radius 1 is 1.00 bits per heavy atom. The van der Waals surface area contributed by atoms with E-state index in [0.717, 1.165) is 13.1 Å². The molecular weight excluding hydrogens is 124 g/mol. The molecule has 2 nitrogen and oxygen atoms in total. The molecule has 2 N–H and O–H groups in total. The van der Waals surface area contributed by atoms with E-state index in [1.165, 1.54) is 12.8 Å². The molecule has 60 valence electrons. The zero-order valence-electron chi connectivity index (χ0n) is 6.98. The van der Waals surface area contributed by atoms with Crippen LogP contribution in [0.5, 0.6) is 0 Å². The molecule has 1 unspecified atom stereocenters. The third-order valence-electron chi connectivity index (χ3n) is 2.29. The first-order valence-corrected chi connectivity index (χ1v) is 4.33. The highest BCUT2D eigenvalue weighted by molar-refractivity contribution is 4.80. The minimum Gasteiger partial charge on any atom is -0.311 e. The SMILES string of the molecule is CCC1CN[C@H](CC)CN1. The molecule has 1 aliphatic heterocycles. The van der Waals surface area contributed by atoms with Gasteiger partial charge in [0.05, 0.1) is 0 Å². The van der Waals surface area contributed by atoms with Gasteiger partial charge in [-0.3, -0.25) is 0 Å². The van der Waals surface area contributed by atoms with Crippen molar-refractivity contribution in [1.29, 1.82) is 0 Å². The van der Waals surface area contributed by atoms with E-state index in [1.807, 2.05) is 0 Å². The number of hydrogen-bond donors (Lipinski definition) is 2. The van der Waals surface area contributed by atoms with Crippen LogP contribution in [0.2, 0.25) is 0 Å². The summed E-state index contributed by atoms with van der Waals surface area (Å²) in [5.41, 5.74) is 0. The molecule has 0 aliphatic carbocycles. The second-order valence-corrected chi connectivity index (χ2v) is 3.03. The van der Waals surface area contributed by atoms with Gasteiger partial charge in [-0.2, -0.15) is 0 Å². The lowest BCUT2D eigenvalue weighted by atomic mass is 10.1. The zero-order chi connectivity index (χ0) is 7.40. The molecular formula is C8H18N2. The molecule has 1 aliphatic rings. The maximum absolute atomic E-state index is 3.51. The molecule has 0 spiro atoms. The van der Waals surface area contributed by atoms with Crippen molar-refractivity contribution in [3.63, 3.8) is 0 Å². The van der Waals surface area contributed by atoms with Gasteiger partial charge >= 0.3 is 0 Å². The second-order valence-electron chi connectivity index (χ2n) is 3.03. The summed E-state index contributed by atoms with van der Waals surface area (Å²) in [6, 6.07) is 1.42. The number of nitrogens with one attached hydrogen (secondary N) is 2. The van der Waals surface area contributed by atoms with Crippen LogP contribution in [-0.4, -0.2) is 25.2 Å². The van der Waals surface area contributed by atoms with Gasteiger partial charge in [0.15, 0.2) is 0 Å². The van der Waals surface area contributed by atoms with Gasteiger partial charge in [0.25, 0.3) is 0 Å². The summed E-state index contributed by atoms with van der Waals surface area (Å²) >= 11 is 0. The summed E-state index contributed by atoms with van der Waals surface area (Å²) < 4.78 is 0. The van der Waals surface area contributed by atoms with Crippen molar-refractivity contribution in [2.45, 2.75) is 38.8 Å². The summed E-state index contributed by atoms with van der Waals surface area (Å²) in [4.78, 5) is 0. The van der Waals surface area contributed by atoms with Gasteiger partial charge in [-0.1, -0.05) is 13.8 Å². The molecule has 2 atom stereocenters. The van der Waals surface area contributed by atoms with Gasteiger partial charge in [-0.05, 0) is 12.8 Å². The summed E-state index contributed by atoms with van der Waals surface area (Å²) in [5, 5.41) is 7.01. The van der Waals surface area contributed by atoms with E-state index < -0.39 is 0 Å².